The number of aliphatic hydroxyl groups excluding tert-OH is 1. The van der Waals surface area contributed by atoms with Crippen LogP contribution in [0.4, 0.5) is 0 Å². The number of β-amino-alcohol motifs (C(OH)–C–C–N with tert-alkyl or cyclic N) is 1. The topological polar surface area (TPSA) is 41.9 Å². The van der Waals surface area contributed by atoms with Crippen molar-refractivity contribution in [1.82, 2.24) is 4.90 Å². The number of hydrogen-bond donors (Lipinski definition) is 1. The molecular weight excluding hydrogens is 302 g/mol. The minimum absolute atomic E-state index is 0.351. The second-order valence-corrected chi connectivity index (χ2v) is 7.02. The lowest BCUT2D eigenvalue weighted by atomic mass is 9.97. The molecule has 1 fully saturated rings. The van der Waals surface area contributed by atoms with E-state index in [1.165, 1.54) is 11.1 Å². The first-order valence-corrected chi connectivity index (χ1v) is 9.19. The Labute approximate surface area is 146 Å². The van der Waals surface area contributed by atoms with Crippen molar-refractivity contribution in [2.24, 2.45) is 5.92 Å². The monoisotopic (exact) mass is 335 g/mol. The average molecular weight is 335 g/mol. The van der Waals surface area contributed by atoms with Crippen LogP contribution < -0.4 is 4.74 Å². The van der Waals surface area contributed by atoms with Gasteiger partial charge in [-0.15, -0.1) is 0 Å². The summed E-state index contributed by atoms with van der Waals surface area (Å²) in [4.78, 5) is 2.34. The summed E-state index contributed by atoms with van der Waals surface area (Å²) in [7, 11) is 0. The van der Waals surface area contributed by atoms with Gasteiger partial charge in [-0.25, -0.2) is 0 Å². The SMILES string of the molecule is CCOCC1CCN(CC(O)COc2c(C)ccc(C)c2C)CC1. The predicted molar refractivity (Wildman–Crippen MR) is 97.8 cm³/mol. The standard InChI is InChI=1S/C20H33NO3/c1-5-23-13-18-8-10-21(11-9-18)12-19(22)14-24-20-16(3)7-6-15(2)17(20)4/h6-7,18-19,22H,5,8-14H2,1-4H3. The maximum Gasteiger partial charge on any atom is 0.125 e. The van der Waals surface area contributed by atoms with Crippen LogP contribution in [0, 0.1) is 26.7 Å². The number of nitrogens with zero attached hydrogens (tertiary/aromatic N) is 1. The second kappa shape index (κ2) is 9.40. The number of aryl methyl sites for hydroxylation is 2. The van der Waals surface area contributed by atoms with E-state index in [4.69, 9.17) is 9.47 Å². The van der Waals surface area contributed by atoms with Gasteiger partial charge in [-0.05, 0) is 76.2 Å². The van der Waals surface area contributed by atoms with Crippen molar-refractivity contribution >= 4 is 0 Å². The molecule has 1 atom stereocenters. The number of ether oxygens (including phenoxy) is 2. The van der Waals surface area contributed by atoms with Crippen LogP contribution in [0.2, 0.25) is 0 Å². The van der Waals surface area contributed by atoms with Gasteiger partial charge in [-0.3, -0.25) is 0 Å². The molecule has 4 heteroatoms. The molecule has 0 bridgehead atoms. The van der Waals surface area contributed by atoms with E-state index in [1.807, 2.05) is 6.92 Å². The molecule has 0 saturated carbocycles. The summed E-state index contributed by atoms with van der Waals surface area (Å²) in [5, 5.41) is 10.3. The lowest BCUT2D eigenvalue weighted by molar-refractivity contribution is 0.0377. The summed E-state index contributed by atoms with van der Waals surface area (Å²) in [5.41, 5.74) is 3.52. The average Bonchev–Trinajstić information content (AvgIpc) is 2.57. The first-order chi connectivity index (χ1) is 11.5. The molecule has 4 nitrogen and oxygen atoms in total. The number of rotatable bonds is 8. The minimum Gasteiger partial charge on any atom is -0.490 e. The molecule has 1 N–H and O–H groups in total. The molecular formula is C20H33NO3. The first kappa shape index (κ1) is 19.2. The lowest BCUT2D eigenvalue weighted by Gasteiger charge is -2.33. The Morgan fingerprint density at radius 2 is 1.83 bits per heavy atom. The number of piperidine rings is 1. The maximum atomic E-state index is 10.3. The van der Waals surface area contributed by atoms with Crippen molar-refractivity contribution in [2.45, 2.75) is 46.6 Å². The van der Waals surface area contributed by atoms with Crippen molar-refractivity contribution in [3.05, 3.63) is 28.8 Å². The van der Waals surface area contributed by atoms with Gasteiger partial charge in [0.2, 0.25) is 0 Å². The Morgan fingerprint density at radius 3 is 2.50 bits per heavy atom. The third-order valence-electron chi connectivity index (χ3n) is 5.03. The molecule has 0 amide bonds. The highest BCUT2D eigenvalue weighted by atomic mass is 16.5. The molecule has 136 valence electrons. The van der Waals surface area contributed by atoms with Gasteiger partial charge in [0.15, 0.2) is 0 Å². The zero-order valence-corrected chi connectivity index (χ0v) is 15.7. The van der Waals surface area contributed by atoms with E-state index in [0.717, 1.165) is 50.5 Å². The third kappa shape index (κ3) is 5.47. The van der Waals surface area contributed by atoms with E-state index >= 15 is 0 Å². The first-order valence-electron chi connectivity index (χ1n) is 9.19. The van der Waals surface area contributed by atoms with Crippen LogP contribution in [-0.4, -0.2) is 55.6 Å². The lowest BCUT2D eigenvalue weighted by Crippen LogP contribution is -2.41. The number of hydrogen-bond acceptors (Lipinski definition) is 4. The molecule has 24 heavy (non-hydrogen) atoms. The fourth-order valence-electron chi connectivity index (χ4n) is 3.30. The zero-order chi connectivity index (χ0) is 17.5. The largest absolute Gasteiger partial charge is 0.490 e. The smallest absolute Gasteiger partial charge is 0.125 e. The second-order valence-electron chi connectivity index (χ2n) is 7.02. The molecule has 1 unspecified atom stereocenters. The fourth-order valence-corrected chi connectivity index (χ4v) is 3.30. The van der Waals surface area contributed by atoms with Gasteiger partial charge in [-0.2, -0.15) is 0 Å². The summed E-state index contributed by atoms with van der Waals surface area (Å²) in [6.07, 6.45) is 1.86. The highest BCUT2D eigenvalue weighted by Crippen LogP contribution is 2.26. The third-order valence-corrected chi connectivity index (χ3v) is 5.03. The van der Waals surface area contributed by atoms with E-state index in [0.29, 0.717) is 19.1 Å². The van der Waals surface area contributed by atoms with Gasteiger partial charge < -0.3 is 19.5 Å². The van der Waals surface area contributed by atoms with Gasteiger partial charge in [-0.1, -0.05) is 12.1 Å². The van der Waals surface area contributed by atoms with Gasteiger partial charge in [0.1, 0.15) is 18.5 Å². The van der Waals surface area contributed by atoms with E-state index < -0.39 is 6.10 Å². The van der Waals surface area contributed by atoms with Crippen molar-refractivity contribution in [3.63, 3.8) is 0 Å². The number of benzene rings is 1. The Hall–Kier alpha value is -1.10. The van der Waals surface area contributed by atoms with Crippen molar-refractivity contribution in [1.29, 1.82) is 0 Å². The van der Waals surface area contributed by atoms with Crippen LogP contribution in [0.15, 0.2) is 12.1 Å². The molecule has 0 aliphatic carbocycles. The predicted octanol–water partition coefficient (Wildman–Crippen LogP) is 3.10. The summed E-state index contributed by atoms with van der Waals surface area (Å²) in [6.45, 7) is 13.1. The van der Waals surface area contributed by atoms with Crippen LogP contribution in [0.3, 0.4) is 0 Å². The summed E-state index contributed by atoms with van der Waals surface area (Å²) in [6, 6.07) is 4.19. The molecule has 1 aromatic rings. The summed E-state index contributed by atoms with van der Waals surface area (Å²) < 4.78 is 11.5. The molecule has 1 aromatic carbocycles. The van der Waals surface area contributed by atoms with Crippen molar-refractivity contribution in [2.75, 3.05) is 39.5 Å². The Kier molecular flexibility index (Phi) is 7.53. The highest BCUT2D eigenvalue weighted by molar-refractivity contribution is 5.44. The zero-order valence-electron chi connectivity index (χ0n) is 15.7. The molecule has 0 radical (unpaired) electrons. The van der Waals surface area contributed by atoms with Crippen LogP contribution in [0.1, 0.15) is 36.5 Å². The van der Waals surface area contributed by atoms with Crippen LogP contribution in [0.5, 0.6) is 5.75 Å². The Balaban J connectivity index is 1.75. The Morgan fingerprint density at radius 1 is 1.17 bits per heavy atom. The molecule has 0 spiro atoms. The van der Waals surface area contributed by atoms with Crippen molar-refractivity contribution in [3.8, 4) is 5.75 Å². The number of aliphatic hydroxyl groups is 1. The molecule has 1 aliphatic heterocycles. The van der Waals surface area contributed by atoms with Crippen LogP contribution >= 0.6 is 0 Å². The molecule has 1 heterocycles. The van der Waals surface area contributed by atoms with Gasteiger partial charge >= 0.3 is 0 Å². The van der Waals surface area contributed by atoms with Crippen LogP contribution in [-0.2, 0) is 4.74 Å². The van der Waals surface area contributed by atoms with E-state index in [1.54, 1.807) is 0 Å². The van der Waals surface area contributed by atoms with Gasteiger partial charge in [0.05, 0.1) is 0 Å². The van der Waals surface area contributed by atoms with Gasteiger partial charge in [0.25, 0.3) is 0 Å². The Bertz CT molecular complexity index is 510. The summed E-state index contributed by atoms with van der Waals surface area (Å²) >= 11 is 0. The number of likely N-dealkylation sites (tertiary alicyclic amines) is 1. The van der Waals surface area contributed by atoms with Crippen molar-refractivity contribution < 1.29 is 14.6 Å². The van der Waals surface area contributed by atoms with Gasteiger partial charge in [0, 0.05) is 19.8 Å². The summed E-state index contributed by atoms with van der Waals surface area (Å²) in [5.74, 6) is 1.59. The normalized spacial score (nSPS) is 17.9. The molecule has 2 rings (SSSR count). The van der Waals surface area contributed by atoms with Crippen LogP contribution in [0.25, 0.3) is 0 Å². The molecule has 1 aliphatic rings. The van der Waals surface area contributed by atoms with E-state index in [-0.39, 0.29) is 0 Å². The highest BCUT2D eigenvalue weighted by Gasteiger charge is 2.21. The van der Waals surface area contributed by atoms with E-state index in [9.17, 15) is 5.11 Å². The van der Waals surface area contributed by atoms with E-state index in [2.05, 4.69) is 37.8 Å². The fraction of sp³-hybridized carbons (Fsp3) is 0.700. The molecule has 0 aromatic heterocycles. The molecule has 1 saturated heterocycles. The quantitative estimate of drug-likeness (QED) is 0.793. The minimum atomic E-state index is -0.451. The maximum absolute atomic E-state index is 10.3.